The van der Waals surface area contributed by atoms with Crippen LogP contribution < -0.4 is 0 Å². The van der Waals surface area contributed by atoms with E-state index in [0.717, 1.165) is 25.2 Å². The molecular formula is C11H22O. The predicted octanol–water partition coefficient (Wildman–Crippen LogP) is 2.97. The first-order chi connectivity index (χ1) is 5.56. The molecule has 0 saturated heterocycles. The average molecular weight is 170 g/mol. The van der Waals surface area contributed by atoms with Gasteiger partial charge >= 0.3 is 0 Å². The van der Waals surface area contributed by atoms with E-state index in [9.17, 15) is 5.11 Å². The van der Waals surface area contributed by atoms with Crippen molar-refractivity contribution in [2.24, 2.45) is 11.8 Å². The summed E-state index contributed by atoms with van der Waals surface area (Å²) in [5.74, 6) is 1.45. The van der Waals surface area contributed by atoms with Gasteiger partial charge in [-0.3, -0.25) is 0 Å². The minimum Gasteiger partial charge on any atom is -0.390 e. The third-order valence-electron chi connectivity index (χ3n) is 2.97. The molecule has 0 aliphatic heterocycles. The van der Waals surface area contributed by atoms with Gasteiger partial charge in [-0.25, -0.2) is 0 Å². The van der Waals surface area contributed by atoms with Gasteiger partial charge < -0.3 is 5.11 Å². The zero-order valence-electron chi connectivity index (χ0n) is 8.64. The normalized spacial score (nSPS) is 37.5. The van der Waals surface area contributed by atoms with Crippen LogP contribution in [0.25, 0.3) is 0 Å². The van der Waals surface area contributed by atoms with Crippen molar-refractivity contribution in [3.05, 3.63) is 0 Å². The molecule has 1 atom stereocenters. The van der Waals surface area contributed by atoms with Gasteiger partial charge in [0.1, 0.15) is 0 Å². The molecule has 72 valence electrons. The Kier molecular flexibility index (Phi) is 3.16. The first-order valence-electron chi connectivity index (χ1n) is 5.28. The molecule has 1 rings (SSSR count). The van der Waals surface area contributed by atoms with E-state index in [2.05, 4.69) is 20.8 Å². The highest BCUT2D eigenvalue weighted by atomic mass is 16.3. The molecule has 0 heterocycles. The maximum atomic E-state index is 9.98. The lowest BCUT2D eigenvalue weighted by Crippen LogP contribution is -2.43. The van der Waals surface area contributed by atoms with Crippen LogP contribution in [0.4, 0.5) is 0 Å². The lowest BCUT2D eigenvalue weighted by atomic mass is 9.68. The molecule has 0 spiro atoms. The molecule has 1 unspecified atom stereocenters. The Morgan fingerprint density at radius 2 is 2.08 bits per heavy atom. The quantitative estimate of drug-likeness (QED) is 0.687. The largest absolute Gasteiger partial charge is 0.390 e. The summed E-state index contributed by atoms with van der Waals surface area (Å²) in [6.45, 7) is 6.69. The molecule has 1 aliphatic carbocycles. The van der Waals surface area contributed by atoms with Crippen molar-refractivity contribution in [3.8, 4) is 0 Å². The highest BCUT2D eigenvalue weighted by Crippen LogP contribution is 2.42. The van der Waals surface area contributed by atoms with E-state index in [1.54, 1.807) is 0 Å². The van der Waals surface area contributed by atoms with Crippen molar-refractivity contribution >= 4 is 0 Å². The van der Waals surface area contributed by atoms with Crippen LogP contribution >= 0.6 is 0 Å². The summed E-state index contributed by atoms with van der Waals surface area (Å²) < 4.78 is 0. The van der Waals surface area contributed by atoms with Gasteiger partial charge in [-0.1, -0.05) is 33.6 Å². The minimum absolute atomic E-state index is 0.284. The average Bonchev–Trinajstić information content (AvgIpc) is 1.83. The summed E-state index contributed by atoms with van der Waals surface area (Å²) in [5, 5.41) is 9.98. The summed E-state index contributed by atoms with van der Waals surface area (Å²) in [7, 11) is 0. The first kappa shape index (κ1) is 10.0. The predicted molar refractivity (Wildman–Crippen MR) is 52.0 cm³/mol. The fourth-order valence-electron chi connectivity index (χ4n) is 2.65. The maximum Gasteiger partial charge on any atom is 0.0655 e. The Labute approximate surface area is 76.2 Å². The van der Waals surface area contributed by atoms with Crippen LogP contribution in [0.3, 0.4) is 0 Å². The third kappa shape index (κ3) is 2.48. The Balaban J connectivity index is 2.22. The van der Waals surface area contributed by atoms with E-state index >= 15 is 0 Å². The van der Waals surface area contributed by atoms with E-state index in [-0.39, 0.29) is 5.60 Å². The maximum absolute atomic E-state index is 9.98. The number of hydrogen-bond acceptors (Lipinski definition) is 1. The lowest BCUT2D eigenvalue weighted by molar-refractivity contribution is -0.0834. The van der Waals surface area contributed by atoms with Gasteiger partial charge in [-0.15, -0.1) is 0 Å². The number of hydrogen-bond donors (Lipinski definition) is 1. The molecule has 0 aromatic rings. The zero-order chi connectivity index (χ0) is 9.19. The highest BCUT2D eigenvalue weighted by molar-refractivity contribution is 4.92. The molecule has 0 bridgehead atoms. The number of aliphatic hydroxyl groups is 1. The molecule has 1 heteroatoms. The summed E-state index contributed by atoms with van der Waals surface area (Å²) in [6.07, 6.45) is 5.58. The van der Waals surface area contributed by atoms with Gasteiger partial charge in [0.15, 0.2) is 0 Å². The molecule has 0 aromatic heterocycles. The molecule has 1 saturated carbocycles. The van der Waals surface area contributed by atoms with Crippen LogP contribution in [0.5, 0.6) is 0 Å². The van der Waals surface area contributed by atoms with Crippen molar-refractivity contribution < 1.29 is 5.11 Å². The smallest absolute Gasteiger partial charge is 0.0655 e. The zero-order valence-corrected chi connectivity index (χ0v) is 8.64. The van der Waals surface area contributed by atoms with E-state index in [4.69, 9.17) is 0 Å². The van der Waals surface area contributed by atoms with Gasteiger partial charge in [-0.2, -0.15) is 0 Å². The summed E-state index contributed by atoms with van der Waals surface area (Å²) >= 11 is 0. The van der Waals surface area contributed by atoms with Crippen LogP contribution in [0.15, 0.2) is 0 Å². The summed E-state index contributed by atoms with van der Waals surface area (Å²) in [5.41, 5.74) is -0.284. The topological polar surface area (TPSA) is 20.2 Å². The molecule has 1 aliphatic rings. The fourth-order valence-corrected chi connectivity index (χ4v) is 2.65. The molecule has 1 N–H and O–H groups in total. The van der Waals surface area contributed by atoms with Crippen LogP contribution in [-0.2, 0) is 0 Å². The number of rotatable bonds is 4. The van der Waals surface area contributed by atoms with Crippen LogP contribution in [0, 0.1) is 11.8 Å². The van der Waals surface area contributed by atoms with Crippen molar-refractivity contribution in [1.29, 1.82) is 0 Å². The fraction of sp³-hybridized carbons (Fsp3) is 1.00. The minimum atomic E-state index is -0.284. The van der Waals surface area contributed by atoms with Crippen molar-refractivity contribution in [1.82, 2.24) is 0 Å². The first-order valence-corrected chi connectivity index (χ1v) is 5.28. The van der Waals surface area contributed by atoms with E-state index in [0.29, 0.717) is 5.92 Å². The lowest BCUT2D eigenvalue weighted by Gasteiger charge is -2.43. The van der Waals surface area contributed by atoms with E-state index < -0.39 is 0 Å². The molecule has 1 fully saturated rings. The van der Waals surface area contributed by atoms with Crippen molar-refractivity contribution in [2.75, 3.05) is 0 Å². The van der Waals surface area contributed by atoms with Gasteiger partial charge in [-0.05, 0) is 31.1 Å². The Morgan fingerprint density at radius 1 is 1.50 bits per heavy atom. The highest BCUT2D eigenvalue weighted by Gasteiger charge is 2.40. The molecule has 1 nitrogen and oxygen atoms in total. The molecule has 0 aromatic carbocycles. The van der Waals surface area contributed by atoms with Crippen LogP contribution in [0.1, 0.15) is 52.9 Å². The monoisotopic (exact) mass is 170 g/mol. The second-order valence-corrected chi connectivity index (χ2v) is 4.84. The third-order valence-corrected chi connectivity index (χ3v) is 2.97. The molecule has 0 radical (unpaired) electrons. The van der Waals surface area contributed by atoms with Crippen molar-refractivity contribution in [2.45, 2.75) is 58.5 Å². The molecule has 12 heavy (non-hydrogen) atoms. The Bertz CT molecular complexity index is 136. The van der Waals surface area contributed by atoms with Crippen molar-refractivity contribution in [3.63, 3.8) is 0 Å². The van der Waals surface area contributed by atoms with Gasteiger partial charge in [0.25, 0.3) is 0 Å². The van der Waals surface area contributed by atoms with E-state index in [1.807, 2.05) is 0 Å². The molecular weight excluding hydrogens is 148 g/mol. The second kappa shape index (κ2) is 3.78. The van der Waals surface area contributed by atoms with Crippen LogP contribution in [-0.4, -0.2) is 10.7 Å². The van der Waals surface area contributed by atoms with Gasteiger partial charge in [0.2, 0.25) is 0 Å². The summed E-state index contributed by atoms with van der Waals surface area (Å²) in [4.78, 5) is 0. The van der Waals surface area contributed by atoms with Crippen LogP contribution in [0.2, 0.25) is 0 Å². The van der Waals surface area contributed by atoms with Gasteiger partial charge in [0.05, 0.1) is 5.60 Å². The van der Waals surface area contributed by atoms with Gasteiger partial charge in [0, 0.05) is 0 Å². The standard InChI is InChI=1S/C11H22O/c1-4-5-9(2)6-11(12)7-10(3)8-11/h9-10,12H,4-8H2,1-3H3. The summed E-state index contributed by atoms with van der Waals surface area (Å²) in [6, 6.07) is 0. The SMILES string of the molecule is CCCC(C)CC1(O)CC(C)C1. The molecule has 0 amide bonds. The Morgan fingerprint density at radius 3 is 2.50 bits per heavy atom. The van der Waals surface area contributed by atoms with E-state index in [1.165, 1.54) is 12.8 Å². The Hall–Kier alpha value is -0.0400. The second-order valence-electron chi connectivity index (χ2n) is 4.84.